The fraction of sp³-hybridized carbons (Fsp3) is 0.529. The second kappa shape index (κ2) is 6.81. The number of hydrogen-bond acceptors (Lipinski definition) is 2. The Bertz CT molecular complexity index is 569. The molecule has 2 rings (SSSR count). The quantitative estimate of drug-likeness (QED) is 0.913. The maximum Gasteiger partial charge on any atom is 0.319 e. The summed E-state index contributed by atoms with van der Waals surface area (Å²) < 4.78 is 0. The van der Waals surface area contributed by atoms with Gasteiger partial charge in [0.25, 0.3) is 0 Å². The number of hydrogen-bond donors (Lipinski definition) is 1. The molecule has 0 saturated carbocycles. The van der Waals surface area contributed by atoms with Gasteiger partial charge in [-0.2, -0.15) is 0 Å². The molecule has 1 saturated heterocycles. The average molecular weight is 303 g/mol. The molecular weight excluding hydrogens is 278 g/mol. The predicted molar refractivity (Wildman–Crippen MR) is 87.9 cm³/mol. The molecule has 0 aromatic heterocycles. The standard InChI is InChI=1S/C17H25N3O2/c1-12-7-8-13(2)15(10-12)18-16(21)14-6-5-9-20(11-14)17(22)19(3)4/h7-8,10,14H,5-6,9,11H2,1-4H3,(H,18,21). The fourth-order valence-corrected chi connectivity index (χ4v) is 2.75. The van der Waals surface area contributed by atoms with E-state index >= 15 is 0 Å². The number of benzene rings is 1. The molecule has 1 heterocycles. The van der Waals surface area contributed by atoms with Gasteiger partial charge in [-0.1, -0.05) is 12.1 Å². The van der Waals surface area contributed by atoms with Crippen LogP contribution in [0.2, 0.25) is 0 Å². The number of urea groups is 1. The van der Waals surface area contributed by atoms with Gasteiger partial charge in [0.1, 0.15) is 0 Å². The lowest BCUT2D eigenvalue weighted by Crippen LogP contribution is -2.47. The van der Waals surface area contributed by atoms with Gasteiger partial charge in [0, 0.05) is 32.9 Å². The van der Waals surface area contributed by atoms with Crippen LogP contribution in [0.25, 0.3) is 0 Å². The predicted octanol–water partition coefficient (Wildman–Crippen LogP) is 2.64. The number of rotatable bonds is 2. The van der Waals surface area contributed by atoms with Gasteiger partial charge in [-0.25, -0.2) is 4.79 Å². The molecule has 0 radical (unpaired) electrons. The fourth-order valence-electron chi connectivity index (χ4n) is 2.75. The van der Waals surface area contributed by atoms with E-state index in [4.69, 9.17) is 0 Å². The van der Waals surface area contributed by atoms with Gasteiger partial charge in [-0.15, -0.1) is 0 Å². The van der Waals surface area contributed by atoms with E-state index in [1.54, 1.807) is 23.9 Å². The lowest BCUT2D eigenvalue weighted by Gasteiger charge is -2.33. The highest BCUT2D eigenvalue weighted by molar-refractivity contribution is 5.93. The first kappa shape index (κ1) is 16.3. The zero-order chi connectivity index (χ0) is 16.3. The Hall–Kier alpha value is -2.04. The van der Waals surface area contributed by atoms with Gasteiger partial charge in [0.15, 0.2) is 0 Å². The molecule has 0 spiro atoms. The molecule has 1 N–H and O–H groups in total. The number of nitrogens with one attached hydrogen (secondary N) is 1. The maximum atomic E-state index is 12.5. The minimum absolute atomic E-state index is 0.00459. The van der Waals surface area contributed by atoms with E-state index in [-0.39, 0.29) is 17.9 Å². The summed E-state index contributed by atoms with van der Waals surface area (Å²) in [4.78, 5) is 27.9. The minimum atomic E-state index is -0.141. The van der Waals surface area contributed by atoms with Crippen LogP contribution in [0.1, 0.15) is 24.0 Å². The summed E-state index contributed by atoms with van der Waals surface area (Å²) in [7, 11) is 3.48. The summed E-state index contributed by atoms with van der Waals surface area (Å²) in [5.41, 5.74) is 3.03. The number of anilines is 1. The van der Waals surface area contributed by atoms with Crippen molar-refractivity contribution in [2.24, 2.45) is 5.92 Å². The van der Waals surface area contributed by atoms with Crippen molar-refractivity contribution in [2.75, 3.05) is 32.5 Å². The third-order valence-corrected chi connectivity index (χ3v) is 4.10. The van der Waals surface area contributed by atoms with Gasteiger partial charge < -0.3 is 15.1 Å². The Morgan fingerprint density at radius 3 is 2.68 bits per heavy atom. The molecule has 120 valence electrons. The van der Waals surface area contributed by atoms with E-state index in [1.165, 1.54) is 0 Å². The van der Waals surface area contributed by atoms with Crippen LogP contribution in [0.4, 0.5) is 10.5 Å². The van der Waals surface area contributed by atoms with Crippen LogP contribution in [-0.2, 0) is 4.79 Å². The highest BCUT2D eigenvalue weighted by atomic mass is 16.2. The van der Waals surface area contributed by atoms with Crippen molar-refractivity contribution in [3.05, 3.63) is 29.3 Å². The SMILES string of the molecule is Cc1ccc(C)c(NC(=O)C2CCCN(C(=O)N(C)C)C2)c1. The summed E-state index contributed by atoms with van der Waals surface area (Å²) in [6.07, 6.45) is 1.69. The second-order valence-electron chi connectivity index (χ2n) is 6.27. The Kier molecular flexibility index (Phi) is 5.06. The average Bonchev–Trinajstić information content (AvgIpc) is 2.50. The largest absolute Gasteiger partial charge is 0.331 e. The number of aryl methyl sites for hydroxylation is 2. The van der Waals surface area contributed by atoms with Crippen molar-refractivity contribution in [1.29, 1.82) is 0 Å². The first-order valence-electron chi connectivity index (χ1n) is 7.73. The van der Waals surface area contributed by atoms with Crippen LogP contribution in [0.3, 0.4) is 0 Å². The smallest absolute Gasteiger partial charge is 0.319 e. The summed E-state index contributed by atoms with van der Waals surface area (Å²) >= 11 is 0. The lowest BCUT2D eigenvalue weighted by molar-refractivity contribution is -0.121. The Balaban J connectivity index is 2.03. The molecule has 1 aliphatic rings. The summed E-state index contributed by atoms with van der Waals surface area (Å²) in [5.74, 6) is -0.137. The highest BCUT2D eigenvalue weighted by Gasteiger charge is 2.29. The van der Waals surface area contributed by atoms with E-state index in [1.807, 2.05) is 32.0 Å². The molecule has 5 nitrogen and oxygen atoms in total. The Morgan fingerprint density at radius 1 is 1.27 bits per heavy atom. The van der Waals surface area contributed by atoms with Crippen LogP contribution in [0.15, 0.2) is 18.2 Å². The van der Waals surface area contributed by atoms with E-state index in [0.29, 0.717) is 6.54 Å². The number of nitrogens with zero attached hydrogens (tertiary/aromatic N) is 2. The summed E-state index contributed by atoms with van der Waals surface area (Å²) in [6, 6.07) is 6.00. The molecule has 1 aromatic carbocycles. The van der Waals surface area contributed by atoms with Crippen molar-refractivity contribution < 1.29 is 9.59 Å². The van der Waals surface area contributed by atoms with Gasteiger partial charge in [0.05, 0.1) is 5.92 Å². The Morgan fingerprint density at radius 2 is 2.00 bits per heavy atom. The van der Waals surface area contributed by atoms with Crippen molar-refractivity contribution >= 4 is 17.6 Å². The van der Waals surface area contributed by atoms with Crippen molar-refractivity contribution in [1.82, 2.24) is 9.80 Å². The first-order valence-corrected chi connectivity index (χ1v) is 7.73. The monoisotopic (exact) mass is 303 g/mol. The number of carbonyl (C=O) groups excluding carboxylic acids is 2. The normalized spacial score (nSPS) is 18.0. The molecule has 3 amide bonds. The third kappa shape index (κ3) is 3.78. The molecule has 1 fully saturated rings. The number of amides is 3. The molecule has 1 aromatic rings. The van der Waals surface area contributed by atoms with Gasteiger partial charge >= 0.3 is 6.03 Å². The van der Waals surface area contributed by atoms with E-state index in [0.717, 1.165) is 36.2 Å². The number of piperidine rings is 1. The molecule has 5 heteroatoms. The molecular formula is C17H25N3O2. The molecule has 1 unspecified atom stereocenters. The number of likely N-dealkylation sites (tertiary alicyclic amines) is 1. The van der Waals surface area contributed by atoms with Crippen molar-refractivity contribution in [3.8, 4) is 0 Å². The van der Waals surface area contributed by atoms with Crippen LogP contribution >= 0.6 is 0 Å². The van der Waals surface area contributed by atoms with Crippen LogP contribution in [0, 0.1) is 19.8 Å². The van der Waals surface area contributed by atoms with E-state index in [2.05, 4.69) is 5.32 Å². The third-order valence-electron chi connectivity index (χ3n) is 4.10. The lowest BCUT2D eigenvalue weighted by atomic mass is 9.97. The highest BCUT2D eigenvalue weighted by Crippen LogP contribution is 2.22. The van der Waals surface area contributed by atoms with Gasteiger partial charge in [-0.3, -0.25) is 4.79 Å². The topological polar surface area (TPSA) is 52.7 Å². The van der Waals surface area contributed by atoms with Crippen LogP contribution < -0.4 is 5.32 Å². The zero-order valence-electron chi connectivity index (χ0n) is 13.8. The second-order valence-corrected chi connectivity index (χ2v) is 6.27. The maximum absolute atomic E-state index is 12.5. The van der Waals surface area contributed by atoms with Crippen LogP contribution in [-0.4, -0.2) is 48.9 Å². The zero-order valence-corrected chi connectivity index (χ0v) is 13.8. The Labute approximate surface area is 132 Å². The summed E-state index contributed by atoms with van der Waals surface area (Å²) in [5, 5.41) is 3.02. The van der Waals surface area contributed by atoms with Gasteiger partial charge in [-0.05, 0) is 43.9 Å². The molecule has 0 bridgehead atoms. The van der Waals surface area contributed by atoms with Crippen molar-refractivity contribution in [2.45, 2.75) is 26.7 Å². The molecule has 1 atom stereocenters. The van der Waals surface area contributed by atoms with E-state index < -0.39 is 0 Å². The van der Waals surface area contributed by atoms with Crippen molar-refractivity contribution in [3.63, 3.8) is 0 Å². The van der Waals surface area contributed by atoms with Gasteiger partial charge in [0.2, 0.25) is 5.91 Å². The minimum Gasteiger partial charge on any atom is -0.331 e. The van der Waals surface area contributed by atoms with E-state index in [9.17, 15) is 9.59 Å². The first-order chi connectivity index (χ1) is 10.4. The molecule has 1 aliphatic heterocycles. The molecule has 22 heavy (non-hydrogen) atoms. The summed E-state index contributed by atoms with van der Waals surface area (Å²) in [6.45, 7) is 5.21. The molecule has 0 aliphatic carbocycles. The van der Waals surface area contributed by atoms with Crippen LogP contribution in [0.5, 0.6) is 0 Å². The number of carbonyl (C=O) groups is 2.